The van der Waals surface area contributed by atoms with E-state index in [4.69, 9.17) is 4.42 Å². The number of rotatable bonds is 3. The number of benzene rings is 2. The number of aromatic nitrogens is 1. The predicted molar refractivity (Wildman–Crippen MR) is 75.2 cm³/mol. The van der Waals surface area contributed by atoms with E-state index in [9.17, 15) is 13.6 Å². The molecule has 0 aliphatic carbocycles. The average Bonchev–Trinajstić information content (AvgIpc) is 2.77. The molecule has 0 radical (unpaired) electrons. The van der Waals surface area contributed by atoms with Crippen molar-refractivity contribution in [3.05, 3.63) is 64.1 Å². The van der Waals surface area contributed by atoms with Gasteiger partial charge in [-0.2, -0.15) is 0 Å². The van der Waals surface area contributed by atoms with E-state index in [0.717, 1.165) is 0 Å². The maximum Gasteiger partial charge on any atom is 0.417 e. The van der Waals surface area contributed by atoms with Crippen molar-refractivity contribution >= 4 is 16.8 Å². The van der Waals surface area contributed by atoms with Crippen LogP contribution in [0.2, 0.25) is 0 Å². The van der Waals surface area contributed by atoms with E-state index in [1.54, 1.807) is 25.1 Å². The number of anilines is 1. The number of oxazole rings is 1. The van der Waals surface area contributed by atoms with Crippen LogP contribution in [0.4, 0.5) is 14.5 Å². The zero-order chi connectivity index (χ0) is 15.0. The normalized spacial score (nSPS) is 12.5. The first kappa shape index (κ1) is 13.4. The molecule has 4 nitrogen and oxygen atoms in total. The van der Waals surface area contributed by atoms with E-state index in [1.165, 1.54) is 18.2 Å². The third kappa shape index (κ3) is 2.52. The van der Waals surface area contributed by atoms with E-state index >= 15 is 0 Å². The van der Waals surface area contributed by atoms with Crippen LogP contribution in [0.1, 0.15) is 18.5 Å². The van der Waals surface area contributed by atoms with Crippen LogP contribution in [0, 0.1) is 11.6 Å². The Bertz CT molecular complexity index is 834. The highest BCUT2D eigenvalue weighted by molar-refractivity contribution is 5.76. The first-order chi connectivity index (χ1) is 10.0. The Morgan fingerprint density at radius 1 is 1.19 bits per heavy atom. The molecule has 0 amide bonds. The van der Waals surface area contributed by atoms with E-state index in [1.807, 2.05) is 0 Å². The number of aromatic amines is 1. The number of halogens is 2. The van der Waals surface area contributed by atoms with Gasteiger partial charge in [0.2, 0.25) is 0 Å². The van der Waals surface area contributed by atoms with Crippen molar-refractivity contribution < 1.29 is 13.2 Å². The Balaban J connectivity index is 1.92. The lowest BCUT2D eigenvalue weighted by Gasteiger charge is -2.17. The predicted octanol–water partition coefficient (Wildman–Crippen LogP) is 3.57. The highest BCUT2D eigenvalue weighted by Crippen LogP contribution is 2.25. The second-order valence-electron chi connectivity index (χ2n) is 4.73. The van der Waals surface area contributed by atoms with Crippen LogP contribution >= 0.6 is 0 Å². The molecular formula is C15H12F2N2O2. The smallest absolute Gasteiger partial charge is 0.408 e. The van der Waals surface area contributed by atoms with Crippen molar-refractivity contribution in [3.63, 3.8) is 0 Å². The Labute approximate surface area is 118 Å². The molecule has 0 spiro atoms. The van der Waals surface area contributed by atoms with Crippen LogP contribution in [0.25, 0.3) is 11.1 Å². The van der Waals surface area contributed by atoms with E-state index in [0.29, 0.717) is 16.8 Å². The summed E-state index contributed by atoms with van der Waals surface area (Å²) in [5.74, 6) is -1.75. The van der Waals surface area contributed by atoms with Crippen LogP contribution in [0.15, 0.2) is 45.6 Å². The molecule has 1 heterocycles. The summed E-state index contributed by atoms with van der Waals surface area (Å²) in [4.78, 5) is 13.6. The molecule has 1 atom stereocenters. The third-order valence-corrected chi connectivity index (χ3v) is 3.23. The molecule has 0 saturated heterocycles. The van der Waals surface area contributed by atoms with E-state index < -0.39 is 23.4 Å². The van der Waals surface area contributed by atoms with Gasteiger partial charge < -0.3 is 9.73 Å². The highest BCUT2D eigenvalue weighted by atomic mass is 19.1. The second kappa shape index (κ2) is 5.05. The van der Waals surface area contributed by atoms with Crippen molar-refractivity contribution in [1.29, 1.82) is 0 Å². The first-order valence-electron chi connectivity index (χ1n) is 6.38. The summed E-state index contributed by atoms with van der Waals surface area (Å²) in [5.41, 5.74) is 1.54. The lowest BCUT2D eigenvalue weighted by Crippen LogP contribution is -2.10. The monoisotopic (exact) mass is 290 g/mol. The zero-order valence-electron chi connectivity index (χ0n) is 11.1. The fraction of sp³-hybridized carbons (Fsp3) is 0.133. The lowest BCUT2D eigenvalue weighted by atomic mass is 10.1. The molecule has 0 saturated carbocycles. The Morgan fingerprint density at radius 3 is 2.62 bits per heavy atom. The van der Waals surface area contributed by atoms with Gasteiger partial charge in [0.05, 0.1) is 11.6 Å². The maximum atomic E-state index is 13.7. The summed E-state index contributed by atoms with van der Waals surface area (Å²) >= 11 is 0. The van der Waals surface area contributed by atoms with Gasteiger partial charge in [-0.15, -0.1) is 0 Å². The first-order valence-corrected chi connectivity index (χ1v) is 6.38. The Kier molecular flexibility index (Phi) is 3.21. The van der Waals surface area contributed by atoms with E-state index in [2.05, 4.69) is 10.3 Å². The van der Waals surface area contributed by atoms with Crippen molar-refractivity contribution in [3.8, 4) is 0 Å². The SMILES string of the molecule is CC(Nc1ccc2oc(=O)[nH]c2c1)c1c(F)cccc1F. The standard InChI is InChI=1S/C15H12F2N2O2/c1-8(14-10(16)3-2-4-11(14)17)18-9-5-6-13-12(7-9)19-15(20)21-13/h2-8,18H,1H3,(H,19,20). The topological polar surface area (TPSA) is 58.0 Å². The van der Waals surface area contributed by atoms with Gasteiger partial charge in [0.25, 0.3) is 0 Å². The van der Waals surface area contributed by atoms with Gasteiger partial charge in [-0.3, -0.25) is 4.98 Å². The molecule has 1 unspecified atom stereocenters. The maximum absolute atomic E-state index is 13.7. The van der Waals surface area contributed by atoms with Gasteiger partial charge in [-0.1, -0.05) is 6.07 Å². The fourth-order valence-corrected chi connectivity index (χ4v) is 2.29. The lowest BCUT2D eigenvalue weighted by molar-refractivity contribution is 0.544. The van der Waals surface area contributed by atoms with Gasteiger partial charge >= 0.3 is 5.76 Å². The molecule has 0 fully saturated rings. The summed E-state index contributed by atoms with van der Waals surface area (Å²) in [5, 5.41) is 3.00. The van der Waals surface area contributed by atoms with Gasteiger partial charge in [-0.05, 0) is 37.3 Å². The molecule has 0 aliphatic rings. The van der Waals surface area contributed by atoms with Crippen LogP contribution < -0.4 is 11.1 Å². The molecule has 21 heavy (non-hydrogen) atoms. The average molecular weight is 290 g/mol. The molecule has 6 heteroatoms. The Hall–Kier alpha value is -2.63. The van der Waals surface area contributed by atoms with Crippen molar-refractivity contribution in [2.24, 2.45) is 0 Å². The van der Waals surface area contributed by atoms with Crippen LogP contribution in [0.3, 0.4) is 0 Å². The molecular weight excluding hydrogens is 278 g/mol. The summed E-state index contributed by atoms with van der Waals surface area (Å²) in [6.07, 6.45) is 0. The molecule has 0 bridgehead atoms. The van der Waals surface area contributed by atoms with Crippen molar-refractivity contribution in [1.82, 2.24) is 4.98 Å². The number of fused-ring (bicyclic) bond motifs is 1. The van der Waals surface area contributed by atoms with Crippen LogP contribution in [0.5, 0.6) is 0 Å². The quantitative estimate of drug-likeness (QED) is 0.775. The molecule has 2 aromatic carbocycles. The summed E-state index contributed by atoms with van der Waals surface area (Å²) in [7, 11) is 0. The minimum Gasteiger partial charge on any atom is -0.408 e. The molecule has 0 aliphatic heterocycles. The van der Waals surface area contributed by atoms with E-state index in [-0.39, 0.29) is 5.56 Å². The summed E-state index contributed by atoms with van der Waals surface area (Å²) in [6, 6.07) is 8.12. The van der Waals surface area contributed by atoms with Crippen molar-refractivity contribution in [2.45, 2.75) is 13.0 Å². The fourth-order valence-electron chi connectivity index (χ4n) is 2.29. The third-order valence-electron chi connectivity index (χ3n) is 3.23. The number of H-pyrrole nitrogens is 1. The summed E-state index contributed by atoms with van der Waals surface area (Å²) < 4.78 is 32.3. The largest absolute Gasteiger partial charge is 0.417 e. The molecule has 108 valence electrons. The van der Waals surface area contributed by atoms with Gasteiger partial charge in [-0.25, -0.2) is 13.6 Å². The van der Waals surface area contributed by atoms with Crippen molar-refractivity contribution in [2.75, 3.05) is 5.32 Å². The Morgan fingerprint density at radius 2 is 1.90 bits per heavy atom. The minimum absolute atomic E-state index is 0.0294. The summed E-state index contributed by atoms with van der Waals surface area (Å²) in [6.45, 7) is 1.66. The number of hydrogen-bond donors (Lipinski definition) is 2. The molecule has 1 aromatic heterocycles. The molecule has 3 rings (SSSR count). The number of hydrogen-bond acceptors (Lipinski definition) is 3. The number of nitrogens with one attached hydrogen (secondary N) is 2. The van der Waals surface area contributed by atoms with Crippen LogP contribution in [-0.2, 0) is 0 Å². The zero-order valence-corrected chi connectivity index (χ0v) is 11.1. The van der Waals surface area contributed by atoms with Gasteiger partial charge in [0, 0.05) is 11.3 Å². The molecule has 2 N–H and O–H groups in total. The van der Waals surface area contributed by atoms with Crippen LogP contribution in [-0.4, -0.2) is 4.98 Å². The van der Waals surface area contributed by atoms with Gasteiger partial charge in [0.15, 0.2) is 5.58 Å². The second-order valence-corrected chi connectivity index (χ2v) is 4.73. The highest BCUT2D eigenvalue weighted by Gasteiger charge is 2.16. The molecule has 3 aromatic rings. The minimum atomic E-state index is -0.604. The van der Waals surface area contributed by atoms with Gasteiger partial charge in [0.1, 0.15) is 11.6 Å².